The van der Waals surface area contributed by atoms with E-state index in [-0.39, 0.29) is 17.9 Å². The number of rotatable bonds is 5. The Labute approximate surface area is 102 Å². The number of hydrogen-bond donors (Lipinski definition) is 3. The highest BCUT2D eigenvalue weighted by atomic mass is 16.4. The van der Waals surface area contributed by atoms with E-state index in [0.29, 0.717) is 6.42 Å². The second kappa shape index (κ2) is 5.49. The van der Waals surface area contributed by atoms with Crippen molar-refractivity contribution in [2.45, 2.75) is 57.5 Å². The molecular weight excluding hydrogens is 220 g/mol. The zero-order chi connectivity index (χ0) is 13.1. The lowest BCUT2D eigenvalue weighted by atomic mass is 9.84. The van der Waals surface area contributed by atoms with Crippen molar-refractivity contribution in [3.8, 4) is 0 Å². The van der Waals surface area contributed by atoms with Crippen LogP contribution in [0.1, 0.15) is 46.0 Å². The van der Waals surface area contributed by atoms with Gasteiger partial charge in [-0.1, -0.05) is 6.92 Å². The first-order valence-electron chi connectivity index (χ1n) is 6.19. The number of hydrogen-bond acceptors (Lipinski definition) is 3. The molecule has 0 aliphatic heterocycles. The van der Waals surface area contributed by atoms with Crippen molar-refractivity contribution in [2.24, 2.45) is 11.7 Å². The van der Waals surface area contributed by atoms with Gasteiger partial charge in [0.1, 0.15) is 5.54 Å². The maximum absolute atomic E-state index is 11.2. The number of amides is 1. The molecule has 0 spiro atoms. The SMILES string of the molecule is CCC(C)(NC1CCC(C(N)=O)CC1)C(=O)O. The molecule has 1 saturated carbocycles. The van der Waals surface area contributed by atoms with Crippen LogP contribution < -0.4 is 11.1 Å². The predicted molar refractivity (Wildman–Crippen MR) is 64.4 cm³/mol. The van der Waals surface area contributed by atoms with Crippen LogP contribution in [0.25, 0.3) is 0 Å². The van der Waals surface area contributed by atoms with Crippen LogP contribution in [0.4, 0.5) is 0 Å². The summed E-state index contributed by atoms with van der Waals surface area (Å²) in [6.07, 6.45) is 3.68. The monoisotopic (exact) mass is 242 g/mol. The Hall–Kier alpha value is -1.10. The molecule has 0 bridgehead atoms. The molecule has 1 atom stereocenters. The Kier molecular flexibility index (Phi) is 4.51. The summed E-state index contributed by atoms with van der Waals surface area (Å²) < 4.78 is 0. The van der Waals surface area contributed by atoms with Crippen LogP contribution in [0.15, 0.2) is 0 Å². The molecule has 1 rings (SSSR count). The molecule has 17 heavy (non-hydrogen) atoms. The lowest BCUT2D eigenvalue weighted by Crippen LogP contribution is -2.54. The lowest BCUT2D eigenvalue weighted by molar-refractivity contribution is -0.145. The average molecular weight is 242 g/mol. The molecule has 0 radical (unpaired) electrons. The number of nitrogens with two attached hydrogens (primary N) is 1. The van der Waals surface area contributed by atoms with E-state index in [0.717, 1.165) is 25.7 Å². The first-order valence-corrected chi connectivity index (χ1v) is 6.19. The molecule has 1 amide bonds. The van der Waals surface area contributed by atoms with Gasteiger partial charge in [0.2, 0.25) is 5.91 Å². The van der Waals surface area contributed by atoms with Crippen molar-refractivity contribution in [3.05, 3.63) is 0 Å². The molecule has 1 fully saturated rings. The molecule has 1 aliphatic carbocycles. The molecule has 98 valence electrons. The van der Waals surface area contributed by atoms with Crippen molar-refractivity contribution < 1.29 is 14.7 Å². The zero-order valence-electron chi connectivity index (χ0n) is 10.5. The second-order valence-corrected chi connectivity index (χ2v) is 5.09. The first kappa shape index (κ1) is 14.0. The minimum Gasteiger partial charge on any atom is -0.480 e. The fourth-order valence-corrected chi connectivity index (χ4v) is 2.29. The third-order valence-corrected chi connectivity index (χ3v) is 3.83. The highest BCUT2D eigenvalue weighted by Crippen LogP contribution is 2.26. The molecular formula is C12H22N2O3. The fraction of sp³-hybridized carbons (Fsp3) is 0.833. The highest BCUT2D eigenvalue weighted by molar-refractivity contribution is 5.78. The summed E-state index contributed by atoms with van der Waals surface area (Å²) in [6, 6.07) is 0.173. The van der Waals surface area contributed by atoms with E-state index >= 15 is 0 Å². The number of carboxylic acids is 1. The summed E-state index contributed by atoms with van der Waals surface area (Å²) in [7, 11) is 0. The summed E-state index contributed by atoms with van der Waals surface area (Å²) in [5.74, 6) is -1.09. The van der Waals surface area contributed by atoms with Gasteiger partial charge in [-0.3, -0.25) is 14.9 Å². The number of primary amides is 1. The van der Waals surface area contributed by atoms with E-state index < -0.39 is 11.5 Å². The van der Waals surface area contributed by atoms with Gasteiger partial charge in [0, 0.05) is 12.0 Å². The van der Waals surface area contributed by atoms with Gasteiger partial charge >= 0.3 is 5.97 Å². The van der Waals surface area contributed by atoms with Crippen LogP contribution in [0.3, 0.4) is 0 Å². The third-order valence-electron chi connectivity index (χ3n) is 3.83. The van der Waals surface area contributed by atoms with Gasteiger partial charge < -0.3 is 10.8 Å². The van der Waals surface area contributed by atoms with Gasteiger partial charge in [-0.25, -0.2) is 0 Å². The Morgan fingerprint density at radius 3 is 2.24 bits per heavy atom. The van der Waals surface area contributed by atoms with E-state index in [4.69, 9.17) is 10.8 Å². The third kappa shape index (κ3) is 3.43. The fourth-order valence-electron chi connectivity index (χ4n) is 2.29. The number of carbonyl (C=O) groups is 2. The van der Waals surface area contributed by atoms with Crippen molar-refractivity contribution in [1.29, 1.82) is 0 Å². The largest absolute Gasteiger partial charge is 0.480 e. The molecule has 1 unspecified atom stereocenters. The maximum Gasteiger partial charge on any atom is 0.323 e. The van der Waals surface area contributed by atoms with E-state index in [2.05, 4.69) is 5.32 Å². The topological polar surface area (TPSA) is 92.4 Å². The Morgan fingerprint density at radius 1 is 1.35 bits per heavy atom. The van der Waals surface area contributed by atoms with Crippen molar-refractivity contribution >= 4 is 11.9 Å². The minimum absolute atomic E-state index is 0.0363. The molecule has 0 saturated heterocycles. The maximum atomic E-state index is 11.2. The molecule has 0 heterocycles. The normalized spacial score (nSPS) is 28.4. The summed E-state index contributed by atoms with van der Waals surface area (Å²) in [4.78, 5) is 22.2. The predicted octanol–water partition coefficient (Wildman–Crippen LogP) is 0.873. The van der Waals surface area contributed by atoms with Crippen LogP contribution >= 0.6 is 0 Å². The summed E-state index contributed by atoms with van der Waals surface area (Å²) in [6.45, 7) is 3.56. The van der Waals surface area contributed by atoms with Crippen LogP contribution in [0.2, 0.25) is 0 Å². The summed E-state index contributed by atoms with van der Waals surface area (Å²) in [5.41, 5.74) is 4.39. The van der Waals surface area contributed by atoms with Crippen LogP contribution in [0.5, 0.6) is 0 Å². The molecule has 5 nitrogen and oxygen atoms in total. The number of carbonyl (C=O) groups excluding carboxylic acids is 1. The van der Waals surface area contributed by atoms with Gasteiger partial charge in [-0.05, 0) is 39.0 Å². The molecule has 4 N–H and O–H groups in total. The molecule has 1 aliphatic rings. The highest BCUT2D eigenvalue weighted by Gasteiger charge is 2.35. The van der Waals surface area contributed by atoms with Gasteiger partial charge in [0.15, 0.2) is 0 Å². The van der Waals surface area contributed by atoms with Gasteiger partial charge in [-0.15, -0.1) is 0 Å². The van der Waals surface area contributed by atoms with Crippen LogP contribution in [-0.4, -0.2) is 28.6 Å². The number of nitrogens with one attached hydrogen (secondary N) is 1. The van der Waals surface area contributed by atoms with Gasteiger partial charge in [-0.2, -0.15) is 0 Å². The zero-order valence-corrected chi connectivity index (χ0v) is 10.5. The summed E-state index contributed by atoms with van der Waals surface area (Å²) in [5, 5.41) is 12.4. The molecule has 0 aromatic carbocycles. The molecule has 5 heteroatoms. The van der Waals surface area contributed by atoms with E-state index in [1.54, 1.807) is 6.92 Å². The second-order valence-electron chi connectivity index (χ2n) is 5.09. The van der Waals surface area contributed by atoms with Crippen LogP contribution in [0, 0.1) is 5.92 Å². The summed E-state index contributed by atoms with van der Waals surface area (Å²) >= 11 is 0. The number of aliphatic carboxylic acids is 1. The molecule has 0 aromatic heterocycles. The Morgan fingerprint density at radius 2 is 1.88 bits per heavy atom. The van der Waals surface area contributed by atoms with Crippen molar-refractivity contribution in [1.82, 2.24) is 5.32 Å². The van der Waals surface area contributed by atoms with Crippen LogP contribution in [-0.2, 0) is 9.59 Å². The van der Waals surface area contributed by atoms with E-state index in [9.17, 15) is 9.59 Å². The van der Waals surface area contributed by atoms with Gasteiger partial charge in [0.05, 0.1) is 0 Å². The standard InChI is InChI=1S/C12H22N2O3/c1-3-12(2,11(16)17)14-9-6-4-8(5-7-9)10(13)15/h8-9,14H,3-7H2,1-2H3,(H2,13,15)(H,16,17). The number of carboxylic acid groups (broad SMARTS) is 1. The average Bonchev–Trinajstić information content (AvgIpc) is 2.29. The quantitative estimate of drug-likeness (QED) is 0.667. The van der Waals surface area contributed by atoms with E-state index in [1.165, 1.54) is 0 Å². The van der Waals surface area contributed by atoms with Crippen molar-refractivity contribution in [3.63, 3.8) is 0 Å². The first-order chi connectivity index (χ1) is 7.89. The Balaban J connectivity index is 2.50. The minimum atomic E-state index is -0.871. The smallest absolute Gasteiger partial charge is 0.323 e. The van der Waals surface area contributed by atoms with Gasteiger partial charge in [0.25, 0.3) is 0 Å². The van der Waals surface area contributed by atoms with Crippen molar-refractivity contribution in [2.75, 3.05) is 0 Å². The molecule has 0 aromatic rings. The van der Waals surface area contributed by atoms with E-state index in [1.807, 2.05) is 6.92 Å². The Bertz CT molecular complexity index is 298. The lowest BCUT2D eigenvalue weighted by Gasteiger charge is -2.34.